The Bertz CT molecular complexity index is 621. The van der Waals surface area contributed by atoms with Crippen molar-refractivity contribution in [2.45, 2.75) is 20.3 Å². The fraction of sp³-hybridized carbons (Fsp3) is 0.650. The lowest BCUT2D eigenvalue weighted by Gasteiger charge is -2.37. The van der Waals surface area contributed by atoms with Gasteiger partial charge in [0.25, 0.3) is 0 Å². The number of aromatic nitrogens is 1. The molecule has 148 valence electrons. The van der Waals surface area contributed by atoms with Crippen LogP contribution >= 0.6 is 0 Å². The minimum Gasteiger partial charge on any atom is -0.353 e. The number of carbonyl (C=O) groups excluding carboxylic acids is 2. The lowest BCUT2D eigenvalue weighted by molar-refractivity contribution is -0.137. The van der Waals surface area contributed by atoms with Gasteiger partial charge in [0.05, 0.1) is 0 Å². The van der Waals surface area contributed by atoms with Gasteiger partial charge in [-0.3, -0.25) is 14.5 Å². The Labute approximate surface area is 161 Å². The van der Waals surface area contributed by atoms with Crippen LogP contribution in [0.25, 0.3) is 0 Å². The van der Waals surface area contributed by atoms with Gasteiger partial charge < -0.3 is 14.7 Å². The third-order valence-corrected chi connectivity index (χ3v) is 5.43. The smallest absolute Gasteiger partial charge is 0.225 e. The number of pyridine rings is 1. The molecular formula is C20H31N5O2. The van der Waals surface area contributed by atoms with E-state index in [-0.39, 0.29) is 17.7 Å². The molecule has 0 radical (unpaired) electrons. The van der Waals surface area contributed by atoms with Crippen molar-refractivity contribution in [3.8, 4) is 0 Å². The van der Waals surface area contributed by atoms with Crippen LogP contribution in [0, 0.1) is 5.92 Å². The van der Waals surface area contributed by atoms with Crippen molar-refractivity contribution in [3.63, 3.8) is 0 Å². The monoisotopic (exact) mass is 373 g/mol. The highest BCUT2D eigenvalue weighted by Crippen LogP contribution is 2.13. The summed E-state index contributed by atoms with van der Waals surface area (Å²) in [5, 5.41) is 0. The van der Waals surface area contributed by atoms with E-state index in [9.17, 15) is 9.59 Å². The minimum absolute atomic E-state index is 0.0582. The number of rotatable bonds is 5. The van der Waals surface area contributed by atoms with Crippen LogP contribution < -0.4 is 4.90 Å². The molecule has 7 nitrogen and oxygen atoms in total. The summed E-state index contributed by atoms with van der Waals surface area (Å²) >= 11 is 0. The van der Waals surface area contributed by atoms with Gasteiger partial charge in [0.2, 0.25) is 11.8 Å². The molecule has 0 atom stereocenters. The van der Waals surface area contributed by atoms with E-state index in [0.29, 0.717) is 6.42 Å². The van der Waals surface area contributed by atoms with Crippen LogP contribution in [-0.2, 0) is 9.59 Å². The van der Waals surface area contributed by atoms with Gasteiger partial charge in [-0.15, -0.1) is 0 Å². The second-order valence-electron chi connectivity index (χ2n) is 7.63. The van der Waals surface area contributed by atoms with Crippen molar-refractivity contribution in [1.29, 1.82) is 0 Å². The molecule has 2 saturated heterocycles. The fourth-order valence-corrected chi connectivity index (χ4v) is 3.69. The number of anilines is 1. The average molecular weight is 374 g/mol. The highest BCUT2D eigenvalue weighted by molar-refractivity contribution is 5.78. The lowest BCUT2D eigenvalue weighted by atomic mass is 10.1. The largest absolute Gasteiger partial charge is 0.353 e. The summed E-state index contributed by atoms with van der Waals surface area (Å²) in [6, 6.07) is 5.93. The number of hydrogen-bond donors (Lipinski definition) is 0. The molecule has 3 heterocycles. The first-order valence-electron chi connectivity index (χ1n) is 9.99. The van der Waals surface area contributed by atoms with E-state index in [1.54, 1.807) is 6.20 Å². The summed E-state index contributed by atoms with van der Waals surface area (Å²) in [5.41, 5.74) is 0. The van der Waals surface area contributed by atoms with Crippen molar-refractivity contribution in [2.75, 3.05) is 63.8 Å². The molecule has 27 heavy (non-hydrogen) atoms. The zero-order chi connectivity index (χ0) is 19.2. The first-order valence-corrected chi connectivity index (χ1v) is 9.99. The van der Waals surface area contributed by atoms with Crippen molar-refractivity contribution in [1.82, 2.24) is 19.7 Å². The summed E-state index contributed by atoms with van der Waals surface area (Å²) in [6.45, 7) is 11.1. The maximum absolute atomic E-state index is 12.5. The van der Waals surface area contributed by atoms with Crippen molar-refractivity contribution in [2.24, 2.45) is 5.92 Å². The van der Waals surface area contributed by atoms with Gasteiger partial charge in [-0.1, -0.05) is 19.9 Å². The average Bonchev–Trinajstić information content (AvgIpc) is 2.72. The van der Waals surface area contributed by atoms with Gasteiger partial charge in [0.15, 0.2) is 0 Å². The quantitative estimate of drug-likeness (QED) is 0.768. The Morgan fingerprint density at radius 1 is 0.963 bits per heavy atom. The fourth-order valence-electron chi connectivity index (χ4n) is 3.69. The number of nitrogens with zero attached hydrogens (tertiary/aromatic N) is 5. The zero-order valence-corrected chi connectivity index (χ0v) is 16.5. The number of hydrogen-bond acceptors (Lipinski definition) is 5. The number of amides is 2. The van der Waals surface area contributed by atoms with E-state index < -0.39 is 0 Å². The van der Waals surface area contributed by atoms with E-state index in [2.05, 4.69) is 14.8 Å². The summed E-state index contributed by atoms with van der Waals surface area (Å²) in [6.07, 6.45) is 2.36. The minimum atomic E-state index is 0.0582. The van der Waals surface area contributed by atoms with Crippen molar-refractivity contribution < 1.29 is 9.59 Å². The Morgan fingerprint density at radius 3 is 2.22 bits per heavy atom. The molecule has 0 aromatic carbocycles. The number of piperazine rings is 2. The summed E-state index contributed by atoms with van der Waals surface area (Å²) < 4.78 is 0. The van der Waals surface area contributed by atoms with Crippen molar-refractivity contribution in [3.05, 3.63) is 24.4 Å². The van der Waals surface area contributed by atoms with Crippen LogP contribution in [0.2, 0.25) is 0 Å². The van der Waals surface area contributed by atoms with E-state index in [1.165, 1.54) is 0 Å². The van der Waals surface area contributed by atoms with Gasteiger partial charge in [-0.25, -0.2) is 4.98 Å². The highest BCUT2D eigenvalue weighted by atomic mass is 16.2. The molecule has 2 amide bonds. The molecule has 1 aromatic rings. The predicted molar refractivity (Wildman–Crippen MR) is 106 cm³/mol. The molecule has 3 rings (SSSR count). The van der Waals surface area contributed by atoms with Crippen LogP contribution in [0.15, 0.2) is 24.4 Å². The molecule has 0 spiro atoms. The molecule has 7 heteroatoms. The predicted octanol–water partition coefficient (Wildman–Crippen LogP) is 0.921. The number of carbonyl (C=O) groups is 2. The Hall–Kier alpha value is -2.15. The SMILES string of the molecule is CC(C)C(=O)N1CCN(CCC(=O)N2CCN(c3ccccn3)CC2)CC1. The van der Waals surface area contributed by atoms with Gasteiger partial charge >= 0.3 is 0 Å². The Balaban J connectivity index is 1.36. The molecule has 1 aromatic heterocycles. The van der Waals surface area contributed by atoms with E-state index >= 15 is 0 Å². The summed E-state index contributed by atoms with van der Waals surface area (Å²) in [5.74, 6) is 1.51. The molecule has 0 N–H and O–H groups in total. The van der Waals surface area contributed by atoms with Gasteiger partial charge in [-0.2, -0.15) is 0 Å². The van der Waals surface area contributed by atoms with Gasteiger partial charge in [0.1, 0.15) is 5.82 Å². The van der Waals surface area contributed by atoms with Gasteiger partial charge in [0, 0.05) is 77.4 Å². The van der Waals surface area contributed by atoms with Crippen LogP contribution in [0.4, 0.5) is 5.82 Å². The van der Waals surface area contributed by atoms with Crippen LogP contribution in [0.3, 0.4) is 0 Å². The first kappa shape index (κ1) is 19.6. The second kappa shape index (κ2) is 9.17. The van der Waals surface area contributed by atoms with Crippen molar-refractivity contribution >= 4 is 17.6 Å². The molecule has 0 aliphatic carbocycles. The Morgan fingerprint density at radius 2 is 1.63 bits per heavy atom. The van der Waals surface area contributed by atoms with Crippen LogP contribution in [0.5, 0.6) is 0 Å². The van der Waals surface area contributed by atoms with E-state index in [1.807, 2.05) is 41.8 Å². The lowest BCUT2D eigenvalue weighted by Crippen LogP contribution is -2.51. The molecule has 0 saturated carbocycles. The molecular weight excluding hydrogens is 342 g/mol. The second-order valence-corrected chi connectivity index (χ2v) is 7.63. The van der Waals surface area contributed by atoms with E-state index in [0.717, 1.165) is 64.7 Å². The molecule has 0 unspecified atom stereocenters. The molecule has 0 bridgehead atoms. The van der Waals surface area contributed by atoms with Gasteiger partial charge in [-0.05, 0) is 12.1 Å². The Kier molecular flexibility index (Phi) is 6.66. The zero-order valence-electron chi connectivity index (χ0n) is 16.5. The normalized spacial score (nSPS) is 18.9. The maximum atomic E-state index is 12.5. The standard InChI is InChI=1S/C20H31N5O2/c1-17(2)20(27)25-11-9-22(10-12-25)8-6-19(26)24-15-13-23(14-16-24)18-5-3-4-7-21-18/h3-5,7,17H,6,8-16H2,1-2H3. The summed E-state index contributed by atoms with van der Waals surface area (Å²) in [7, 11) is 0. The maximum Gasteiger partial charge on any atom is 0.225 e. The van der Waals surface area contributed by atoms with Crippen LogP contribution in [-0.4, -0.2) is 90.4 Å². The van der Waals surface area contributed by atoms with E-state index in [4.69, 9.17) is 0 Å². The molecule has 2 fully saturated rings. The van der Waals surface area contributed by atoms with Crippen LogP contribution in [0.1, 0.15) is 20.3 Å². The highest BCUT2D eigenvalue weighted by Gasteiger charge is 2.25. The first-order chi connectivity index (χ1) is 13.0. The third kappa shape index (κ3) is 5.19. The summed E-state index contributed by atoms with van der Waals surface area (Å²) in [4.78, 5) is 37.4. The molecule has 2 aliphatic rings. The molecule has 2 aliphatic heterocycles. The topological polar surface area (TPSA) is 60.0 Å². The third-order valence-electron chi connectivity index (χ3n) is 5.43.